The van der Waals surface area contributed by atoms with Gasteiger partial charge < -0.3 is 19.9 Å². The molecule has 4 nitrogen and oxygen atoms in total. The summed E-state index contributed by atoms with van der Waals surface area (Å²) in [6.07, 6.45) is -0.572. The van der Waals surface area contributed by atoms with Gasteiger partial charge in [0.15, 0.2) is 11.5 Å². The van der Waals surface area contributed by atoms with E-state index in [4.69, 9.17) is 14.6 Å². The van der Waals surface area contributed by atoms with Crippen molar-refractivity contribution < 1.29 is 14.6 Å². The minimum Gasteiger partial charge on any atom is -0.486 e. The van der Waals surface area contributed by atoms with Gasteiger partial charge in [0, 0.05) is 11.8 Å². The van der Waals surface area contributed by atoms with Gasteiger partial charge in [-0.1, -0.05) is 0 Å². The molecule has 76 valence electrons. The molecule has 0 aromatic heterocycles. The van der Waals surface area contributed by atoms with Crippen LogP contribution in [0, 0.1) is 0 Å². The number of aliphatic hydroxyl groups is 1. The highest BCUT2D eigenvalue weighted by molar-refractivity contribution is 5.55. The van der Waals surface area contributed by atoms with Crippen molar-refractivity contribution in [3.63, 3.8) is 0 Å². The number of fused-ring (bicyclic) bond motifs is 1. The van der Waals surface area contributed by atoms with Gasteiger partial charge >= 0.3 is 0 Å². The fourth-order valence-corrected chi connectivity index (χ4v) is 1.37. The summed E-state index contributed by atoms with van der Waals surface area (Å²) >= 11 is 0. The van der Waals surface area contributed by atoms with E-state index >= 15 is 0 Å². The number of aliphatic hydroxyl groups excluding tert-OH is 1. The molecule has 1 unspecified atom stereocenters. The van der Waals surface area contributed by atoms with Gasteiger partial charge in [-0.05, 0) is 19.1 Å². The Hall–Kier alpha value is -1.42. The van der Waals surface area contributed by atoms with Crippen LogP contribution in [0.1, 0.15) is 6.92 Å². The molecule has 0 saturated carbocycles. The zero-order valence-corrected chi connectivity index (χ0v) is 7.99. The van der Waals surface area contributed by atoms with Crippen LogP contribution in [0.3, 0.4) is 0 Å². The van der Waals surface area contributed by atoms with Crippen LogP contribution >= 0.6 is 0 Å². The van der Waals surface area contributed by atoms with Crippen molar-refractivity contribution in [2.75, 3.05) is 18.5 Å². The third kappa shape index (κ3) is 1.90. The van der Waals surface area contributed by atoms with Crippen LogP contribution in [-0.4, -0.2) is 24.5 Å². The summed E-state index contributed by atoms with van der Waals surface area (Å²) in [6, 6.07) is 5.50. The van der Waals surface area contributed by atoms with Crippen LogP contribution in [-0.2, 0) is 0 Å². The monoisotopic (exact) mass is 195 g/mol. The number of ether oxygens (including phenoxy) is 2. The lowest BCUT2D eigenvalue weighted by Gasteiger charge is -2.19. The molecule has 1 aromatic carbocycles. The van der Waals surface area contributed by atoms with Gasteiger partial charge in [0.2, 0.25) is 0 Å². The molecule has 0 amide bonds. The molecule has 0 saturated heterocycles. The van der Waals surface area contributed by atoms with E-state index in [0.717, 1.165) is 17.2 Å². The first-order valence-corrected chi connectivity index (χ1v) is 4.60. The maximum Gasteiger partial charge on any atom is 0.163 e. The summed E-state index contributed by atoms with van der Waals surface area (Å²) < 4.78 is 10.8. The number of rotatable bonds is 2. The lowest BCUT2D eigenvalue weighted by atomic mass is 10.2. The lowest BCUT2D eigenvalue weighted by molar-refractivity contribution is 0.171. The molecule has 0 bridgehead atoms. The Morgan fingerprint density at radius 1 is 1.29 bits per heavy atom. The van der Waals surface area contributed by atoms with Crippen LogP contribution < -0.4 is 14.8 Å². The van der Waals surface area contributed by atoms with Crippen molar-refractivity contribution in [1.82, 2.24) is 0 Å². The van der Waals surface area contributed by atoms with Crippen LogP contribution in [0.4, 0.5) is 5.69 Å². The molecule has 0 fully saturated rings. The normalized spacial score (nSPS) is 16.1. The average molecular weight is 195 g/mol. The maximum absolute atomic E-state index is 9.13. The first-order chi connectivity index (χ1) is 6.75. The quantitative estimate of drug-likeness (QED) is 0.696. The smallest absolute Gasteiger partial charge is 0.163 e. The average Bonchev–Trinajstić information content (AvgIpc) is 2.17. The third-order valence-electron chi connectivity index (χ3n) is 1.92. The molecular weight excluding hydrogens is 182 g/mol. The highest BCUT2D eigenvalue weighted by Crippen LogP contribution is 2.32. The van der Waals surface area contributed by atoms with Crippen molar-refractivity contribution in [2.45, 2.75) is 13.2 Å². The second-order valence-electron chi connectivity index (χ2n) is 3.18. The molecule has 14 heavy (non-hydrogen) atoms. The molecule has 1 aromatic rings. The molecule has 0 radical (unpaired) electrons. The Labute approximate surface area is 82.5 Å². The highest BCUT2D eigenvalue weighted by Gasteiger charge is 2.11. The topological polar surface area (TPSA) is 50.7 Å². The van der Waals surface area contributed by atoms with Crippen molar-refractivity contribution in [1.29, 1.82) is 0 Å². The molecule has 0 aliphatic carbocycles. The molecule has 0 spiro atoms. The van der Waals surface area contributed by atoms with E-state index in [9.17, 15) is 0 Å². The van der Waals surface area contributed by atoms with Gasteiger partial charge in [0.1, 0.15) is 19.4 Å². The van der Waals surface area contributed by atoms with Crippen molar-refractivity contribution in [2.24, 2.45) is 0 Å². The Morgan fingerprint density at radius 3 is 2.71 bits per heavy atom. The Balaban J connectivity index is 2.20. The van der Waals surface area contributed by atoms with Gasteiger partial charge in [-0.15, -0.1) is 0 Å². The van der Waals surface area contributed by atoms with Gasteiger partial charge in [0.25, 0.3) is 0 Å². The number of benzene rings is 1. The fraction of sp³-hybridized carbons (Fsp3) is 0.400. The number of anilines is 1. The second-order valence-corrected chi connectivity index (χ2v) is 3.18. The Kier molecular flexibility index (Phi) is 2.45. The van der Waals surface area contributed by atoms with E-state index in [1.54, 1.807) is 6.92 Å². The first kappa shape index (κ1) is 9.15. The molecule has 1 atom stereocenters. The standard InChI is InChI=1S/C10H13NO3/c1-7(12)11-8-2-3-9-10(6-8)14-5-4-13-9/h2-3,6-7,11-12H,4-5H2,1H3. The molecule has 2 rings (SSSR count). The SMILES string of the molecule is CC(O)Nc1ccc2c(c1)OCCO2. The lowest BCUT2D eigenvalue weighted by Crippen LogP contribution is -2.17. The summed E-state index contributed by atoms with van der Waals surface area (Å²) in [5, 5.41) is 12.0. The zero-order valence-electron chi connectivity index (χ0n) is 7.99. The van der Waals surface area contributed by atoms with Crippen molar-refractivity contribution in [3.05, 3.63) is 18.2 Å². The van der Waals surface area contributed by atoms with Crippen LogP contribution in [0.5, 0.6) is 11.5 Å². The van der Waals surface area contributed by atoms with E-state index in [1.807, 2.05) is 18.2 Å². The minimum atomic E-state index is -0.572. The minimum absolute atomic E-state index is 0.572. The van der Waals surface area contributed by atoms with E-state index in [-0.39, 0.29) is 0 Å². The zero-order chi connectivity index (χ0) is 9.97. The summed E-state index contributed by atoms with van der Waals surface area (Å²) in [4.78, 5) is 0. The van der Waals surface area contributed by atoms with Crippen LogP contribution in [0.25, 0.3) is 0 Å². The largest absolute Gasteiger partial charge is 0.486 e. The molecule has 1 aliphatic rings. The van der Waals surface area contributed by atoms with Crippen molar-refractivity contribution >= 4 is 5.69 Å². The van der Waals surface area contributed by atoms with E-state index < -0.39 is 6.23 Å². The number of nitrogens with one attached hydrogen (secondary N) is 1. The number of hydrogen-bond donors (Lipinski definition) is 2. The molecule has 1 aliphatic heterocycles. The van der Waals surface area contributed by atoms with E-state index in [0.29, 0.717) is 13.2 Å². The van der Waals surface area contributed by atoms with Gasteiger partial charge in [-0.2, -0.15) is 0 Å². The fourth-order valence-electron chi connectivity index (χ4n) is 1.37. The van der Waals surface area contributed by atoms with Crippen LogP contribution in [0.2, 0.25) is 0 Å². The Morgan fingerprint density at radius 2 is 2.00 bits per heavy atom. The predicted molar refractivity (Wildman–Crippen MR) is 52.7 cm³/mol. The van der Waals surface area contributed by atoms with Crippen LogP contribution in [0.15, 0.2) is 18.2 Å². The maximum atomic E-state index is 9.13. The van der Waals surface area contributed by atoms with E-state index in [1.165, 1.54) is 0 Å². The van der Waals surface area contributed by atoms with Gasteiger partial charge in [-0.25, -0.2) is 0 Å². The molecule has 1 heterocycles. The summed E-state index contributed by atoms with van der Waals surface area (Å²) in [5.74, 6) is 1.48. The summed E-state index contributed by atoms with van der Waals surface area (Å²) in [7, 11) is 0. The first-order valence-electron chi connectivity index (χ1n) is 4.60. The van der Waals surface area contributed by atoms with Crippen molar-refractivity contribution in [3.8, 4) is 11.5 Å². The summed E-state index contributed by atoms with van der Waals surface area (Å²) in [5.41, 5.74) is 0.823. The highest BCUT2D eigenvalue weighted by atomic mass is 16.6. The predicted octanol–water partition coefficient (Wildman–Crippen LogP) is 1.21. The number of hydrogen-bond acceptors (Lipinski definition) is 4. The molecular formula is C10H13NO3. The van der Waals surface area contributed by atoms with E-state index in [2.05, 4.69) is 5.32 Å². The van der Waals surface area contributed by atoms with Gasteiger partial charge in [0.05, 0.1) is 0 Å². The summed E-state index contributed by atoms with van der Waals surface area (Å²) in [6.45, 7) is 2.83. The van der Waals surface area contributed by atoms with Gasteiger partial charge in [-0.3, -0.25) is 0 Å². The molecule has 4 heteroatoms. The second kappa shape index (κ2) is 3.75. The Bertz CT molecular complexity index is 325. The third-order valence-corrected chi connectivity index (χ3v) is 1.92. The molecule has 2 N–H and O–H groups in total.